The van der Waals surface area contributed by atoms with Gasteiger partial charge in [0.15, 0.2) is 0 Å². The standard InChI is InChI=1S/C14H21NO3S/c1-2-19(16,17)15-9-10-18-14-8-7-12-5-3-4-6-13(12)11-14/h7-8,11,15H,2-6,9-10H2,1H3. The number of nitrogens with one attached hydrogen (secondary N) is 1. The van der Waals surface area contributed by atoms with Crippen LogP contribution in [-0.4, -0.2) is 27.3 Å². The zero-order valence-corrected chi connectivity index (χ0v) is 12.1. The molecule has 1 aromatic rings. The Morgan fingerprint density at radius 1 is 1.21 bits per heavy atom. The quantitative estimate of drug-likeness (QED) is 0.811. The average molecular weight is 283 g/mol. The molecule has 19 heavy (non-hydrogen) atoms. The minimum absolute atomic E-state index is 0.103. The molecule has 0 amide bonds. The molecule has 0 fully saturated rings. The third-order valence-corrected chi connectivity index (χ3v) is 4.80. The first kappa shape index (κ1) is 14.3. The van der Waals surface area contributed by atoms with E-state index >= 15 is 0 Å². The maximum atomic E-state index is 11.2. The van der Waals surface area contributed by atoms with Gasteiger partial charge in [0.2, 0.25) is 10.0 Å². The molecule has 0 saturated carbocycles. The summed E-state index contributed by atoms with van der Waals surface area (Å²) in [5.74, 6) is 0.933. The molecule has 0 saturated heterocycles. The summed E-state index contributed by atoms with van der Waals surface area (Å²) < 4.78 is 30.5. The SMILES string of the molecule is CCS(=O)(=O)NCCOc1ccc2c(c1)CCCC2. The lowest BCUT2D eigenvalue weighted by atomic mass is 9.92. The molecule has 0 bridgehead atoms. The van der Waals surface area contributed by atoms with Gasteiger partial charge >= 0.3 is 0 Å². The van der Waals surface area contributed by atoms with Crippen LogP contribution < -0.4 is 9.46 Å². The van der Waals surface area contributed by atoms with E-state index in [0.29, 0.717) is 13.2 Å². The number of hydrogen-bond donors (Lipinski definition) is 1. The first-order chi connectivity index (χ1) is 9.11. The molecule has 0 atom stereocenters. The summed E-state index contributed by atoms with van der Waals surface area (Å²) >= 11 is 0. The molecule has 0 aromatic heterocycles. The van der Waals surface area contributed by atoms with Crippen molar-refractivity contribution in [1.82, 2.24) is 4.72 Å². The van der Waals surface area contributed by atoms with E-state index in [1.54, 1.807) is 6.92 Å². The smallest absolute Gasteiger partial charge is 0.211 e. The van der Waals surface area contributed by atoms with Crippen LogP contribution in [0.4, 0.5) is 0 Å². The van der Waals surface area contributed by atoms with Gasteiger partial charge in [-0.3, -0.25) is 0 Å². The summed E-state index contributed by atoms with van der Waals surface area (Å²) in [6, 6.07) is 6.18. The van der Waals surface area contributed by atoms with Crippen molar-refractivity contribution in [2.45, 2.75) is 32.6 Å². The monoisotopic (exact) mass is 283 g/mol. The number of sulfonamides is 1. The number of fused-ring (bicyclic) bond motifs is 1. The van der Waals surface area contributed by atoms with E-state index < -0.39 is 10.0 Å². The molecule has 1 N–H and O–H groups in total. The molecule has 0 radical (unpaired) electrons. The number of benzene rings is 1. The van der Waals surface area contributed by atoms with Crippen molar-refractivity contribution in [3.05, 3.63) is 29.3 Å². The molecule has 1 aromatic carbocycles. The zero-order valence-electron chi connectivity index (χ0n) is 11.3. The third-order valence-electron chi connectivity index (χ3n) is 3.39. The number of aryl methyl sites for hydroxylation is 2. The second-order valence-corrected chi connectivity index (χ2v) is 6.88. The van der Waals surface area contributed by atoms with Crippen molar-refractivity contribution in [2.24, 2.45) is 0 Å². The Morgan fingerprint density at radius 3 is 2.68 bits per heavy atom. The Balaban J connectivity index is 1.83. The molecule has 1 aliphatic rings. The predicted molar refractivity (Wildman–Crippen MR) is 76.0 cm³/mol. The highest BCUT2D eigenvalue weighted by molar-refractivity contribution is 7.89. The minimum atomic E-state index is -3.12. The average Bonchev–Trinajstić information content (AvgIpc) is 2.43. The van der Waals surface area contributed by atoms with Gasteiger partial charge in [-0.1, -0.05) is 6.07 Å². The van der Waals surface area contributed by atoms with Gasteiger partial charge < -0.3 is 4.74 Å². The largest absolute Gasteiger partial charge is 0.492 e. The summed E-state index contributed by atoms with van der Waals surface area (Å²) in [6.07, 6.45) is 4.79. The Kier molecular flexibility index (Phi) is 4.82. The van der Waals surface area contributed by atoms with Crippen molar-refractivity contribution in [3.63, 3.8) is 0 Å². The van der Waals surface area contributed by atoms with Crippen molar-refractivity contribution < 1.29 is 13.2 Å². The van der Waals surface area contributed by atoms with Gasteiger partial charge in [-0.05, 0) is 55.9 Å². The Morgan fingerprint density at radius 2 is 1.95 bits per heavy atom. The summed E-state index contributed by atoms with van der Waals surface area (Å²) in [5, 5.41) is 0. The second kappa shape index (κ2) is 6.39. The Bertz CT molecular complexity index is 525. The number of ether oxygens (including phenoxy) is 1. The van der Waals surface area contributed by atoms with Gasteiger partial charge in [-0.15, -0.1) is 0 Å². The minimum Gasteiger partial charge on any atom is -0.492 e. The molecular weight excluding hydrogens is 262 g/mol. The van der Waals surface area contributed by atoms with Crippen LogP contribution in [0, 0.1) is 0 Å². The van der Waals surface area contributed by atoms with E-state index in [4.69, 9.17) is 4.74 Å². The van der Waals surface area contributed by atoms with Crippen LogP contribution in [0.5, 0.6) is 5.75 Å². The van der Waals surface area contributed by atoms with Gasteiger partial charge in [-0.2, -0.15) is 0 Å². The topological polar surface area (TPSA) is 55.4 Å². The van der Waals surface area contributed by atoms with Crippen molar-refractivity contribution in [2.75, 3.05) is 18.9 Å². The van der Waals surface area contributed by atoms with Crippen LogP contribution in [0.25, 0.3) is 0 Å². The first-order valence-electron chi connectivity index (χ1n) is 6.82. The van der Waals surface area contributed by atoms with Gasteiger partial charge in [0, 0.05) is 6.54 Å². The second-order valence-electron chi connectivity index (χ2n) is 4.78. The van der Waals surface area contributed by atoms with Gasteiger partial charge in [-0.25, -0.2) is 13.1 Å². The summed E-state index contributed by atoms with van der Waals surface area (Å²) in [7, 11) is -3.12. The zero-order chi connectivity index (χ0) is 13.7. The van der Waals surface area contributed by atoms with E-state index in [1.807, 2.05) is 6.07 Å². The molecule has 0 unspecified atom stereocenters. The van der Waals surface area contributed by atoms with E-state index in [2.05, 4.69) is 16.9 Å². The predicted octanol–water partition coefficient (Wildman–Crippen LogP) is 1.88. The maximum absolute atomic E-state index is 11.2. The molecule has 0 spiro atoms. The fraction of sp³-hybridized carbons (Fsp3) is 0.571. The Hall–Kier alpha value is -1.07. The van der Waals surface area contributed by atoms with Crippen LogP contribution in [-0.2, 0) is 22.9 Å². The van der Waals surface area contributed by atoms with Crippen LogP contribution >= 0.6 is 0 Å². The molecular formula is C14H21NO3S. The molecule has 106 valence electrons. The molecule has 0 heterocycles. The summed E-state index contributed by atoms with van der Waals surface area (Å²) in [6.45, 7) is 2.29. The lowest BCUT2D eigenvalue weighted by molar-refractivity contribution is 0.322. The highest BCUT2D eigenvalue weighted by Crippen LogP contribution is 2.25. The lowest BCUT2D eigenvalue weighted by Gasteiger charge is -2.16. The molecule has 2 rings (SSSR count). The fourth-order valence-corrected chi connectivity index (χ4v) is 2.87. The normalized spacial score (nSPS) is 15.0. The highest BCUT2D eigenvalue weighted by Gasteiger charge is 2.10. The fourth-order valence-electron chi connectivity index (χ4n) is 2.27. The van der Waals surface area contributed by atoms with Crippen molar-refractivity contribution in [3.8, 4) is 5.75 Å². The van der Waals surface area contributed by atoms with Crippen molar-refractivity contribution >= 4 is 10.0 Å². The molecule has 1 aliphatic carbocycles. The first-order valence-corrected chi connectivity index (χ1v) is 8.48. The Labute approximate surface area is 115 Å². The number of hydrogen-bond acceptors (Lipinski definition) is 3. The molecule has 4 nitrogen and oxygen atoms in total. The van der Waals surface area contributed by atoms with Crippen LogP contribution in [0.15, 0.2) is 18.2 Å². The van der Waals surface area contributed by atoms with E-state index in [1.165, 1.54) is 24.0 Å². The van der Waals surface area contributed by atoms with E-state index in [-0.39, 0.29) is 5.75 Å². The maximum Gasteiger partial charge on any atom is 0.211 e. The van der Waals surface area contributed by atoms with Gasteiger partial charge in [0.1, 0.15) is 12.4 Å². The molecule has 0 aliphatic heterocycles. The van der Waals surface area contributed by atoms with Gasteiger partial charge in [0.05, 0.1) is 5.75 Å². The summed E-state index contributed by atoms with van der Waals surface area (Å²) in [4.78, 5) is 0. The highest BCUT2D eigenvalue weighted by atomic mass is 32.2. The lowest BCUT2D eigenvalue weighted by Crippen LogP contribution is -2.29. The summed E-state index contributed by atoms with van der Waals surface area (Å²) in [5.41, 5.74) is 2.79. The van der Waals surface area contributed by atoms with Crippen LogP contribution in [0.2, 0.25) is 0 Å². The van der Waals surface area contributed by atoms with E-state index in [9.17, 15) is 8.42 Å². The molecule has 5 heteroatoms. The third kappa shape index (κ3) is 4.21. The van der Waals surface area contributed by atoms with Crippen LogP contribution in [0.3, 0.4) is 0 Å². The van der Waals surface area contributed by atoms with Crippen molar-refractivity contribution in [1.29, 1.82) is 0 Å². The van der Waals surface area contributed by atoms with E-state index in [0.717, 1.165) is 18.6 Å². The van der Waals surface area contributed by atoms with Gasteiger partial charge in [0.25, 0.3) is 0 Å². The van der Waals surface area contributed by atoms with Crippen LogP contribution in [0.1, 0.15) is 30.9 Å². The number of rotatable bonds is 6.